The van der Waals surface area contributed by atoms with E-state index in [0.717, 1.165) is 30.3 Å². The molecule has 0 N–H and O–H groups in total. The van der Waals surface area contributed by atoms with Crippen molar-refractivity contribution in [2.45, 2.75) is 4.90 Å². The van der Waals surface area contributed by atoms with Crippen molar-refractivity contribution in [1.82, 2.24) is 0 Å². The Balaban J connectivity index is 2.35. The number of benzene rings is 2. The topological polar surface area (TPSA) is 86.5 Å². The Bertz CT molecular complexity index is 760. The van der Waals surface area contributed by atoms with Crippen molar-refractivity contribution in [3.8, 4) is 5.75 Å². The van der Waals surface area contributed by atoms with Gasteiger partial charge >= 0.3 is 10.1 Å². The van der Waals surface area contributed by atoms with Gasteiger partial charge < -0.3 is 4.18 Å². The van der Waals surface area contributed by atoms with E-state index in [2.05, 4.69) is 0 Å². The highest BCUT2D eigenvalue weighted by molar-refractivity contribution is 7.87. The minimum atomic E-state index is -4.26. The minimum absolute atomic E-state index is 0.212. The first-order valence-corrected chi connectivity index (χ1v) is 6.74. The minimum Gasteiger partial charge on any atom is -0.379 e. The molecule has 0 saturated heterocycles. The van der Waals surface area contributed by atoms with Gasteiger partial charge in [0, 0.05) is 18.2 Å². The van der Waals surface area contributed by atoms with Crippen LogP contribution in [-0.2, 0) is 10.1 Å². The molecule has 2 rings (SSSR count). The summed E-state index contributed by atoms with van der Waals surface area (Å²) in [5, 5.41) is 10.6. The maximum absolute atomic E-state index is 13.0. The molecule has 0 spiro atoms. The summed E-state index contributed by atoms with van der Waals surface area (Å²) in [5.74, 6) is -0.867. The zero-order chi connectivity index (χ0) is 14.8. The fraction of sp³-hybridized carbons (Fsp3) is 0. The highest BCUT2D eigenvalue weighted by Gasteiger charge is 2.19. The van der Waals surface area contributed by atoms with Crippen LogP contribution in [0.2, 0.25) is 0 Å². The molecule has 0 saturated carbocycles. The summed E-state index contributed by atoms with van der Waals surface area (Å²) in [7, 11) is -4.26. The Morgan fingerprint density at radius 3 is 2.45 bits per heavy atom. The fourth-order valence-electron chi connectivity index (χ4n) is 1.45. The number of hydrogen-bond donors (Lipinski definition) is 0. The maximum Gasteiger partial charge on any atom is 0.339 e. The van der Waals surface area contributed by atoms with Gasteiger partial charge in [-0.1, -0.05) is 12.1 Å². The molecule has 0 aliphatic rings. The van der Waals surface area contributed by atoms with Gasteiger partial charge in [-0.15, -0.1) is 0 Å². The second kappa shape index (κ2) is 5.25. The van der Waals surface area contributed by atoms with Crippen LogP contribution in [0, 0.1) is 15.9 Å². The average molecular weight is 297 g/mol. The molecule has 0 atom stereocenters. The molecule has 0 heterocycles. The first kappa shape index (κ1) is 13.9. The molecule has 0 unspecified atom stereocenters. The first-order valence-electron chi connectivity index (χ1n) is 5.33. The van der Waals surface area contributed by atoms with Gasteiger partial charge in [-0.2, -0.15) is 8.42 Å². The van der Waals surface area contributed by atoms with Crippen molar-refractivity contribution in [2.75, 3.05) is 0 Å². The standard InChI is InChI=1S/C12H8FNO5S/c13-9-3-1-5-11(7-9)19-20(17,18)12-6-2-4-10(8-12)14(15)16/h1-8H. The smallest absolute Gasteiger partial charge is 0.339 e. The third-order valence-electron chi connectivity index (χ3n) is 2.32. The molecule has 0 bridgehead atoms. The molecular weight excluding hydrogens is 289 g/mol. The number of nitro groups is 1. The van der Waals surface area contributed by atoms with Gasteiger partial charge in [0.25, 0.3) is 5.69 Å². The van der Waals surface area contributed by atoms with Crippen LogP contribution >= 0.6 is 0 Å². The summed E-state index contributed by atoms with van der Waals surface area (Å²) in [4.78, 5) is 9.50. The van der Waals surface area contributed by atoms with Gasteiger partial charge in [-0.05, 0) is 18.2 Å². The molecule has 104 valence electrons. The molecule has 0 amide bonds. The van der Waals surface area contributed by atoms with Crippen LogP contribution in [0.1, 0.15) is 0 Å². The lowest BCUT2D eigenvalue weighted by molar-refractivity contribution is -0.385. The van der Waals surface area contributed by atoms with Crippen molar-refractivity contribution in [3.63, 3.8) is 0 Å². The normalized spacial score (nSPS) is 11.1. The Hall–Kier alpha value is -2.48. The van der Waals surface area contributed by atoms with Gasteiger partial charge in [-0.25, -0.2) is 4.39 Å². The Kier molecular flexibility index (Phi) is 3.66. The molecule has 0 aromatic heterocycles. The average Bonchev–Trinajstić information content (AvgIpc) is 2.38. The Morgan fingerprint density at radius 1 is 1.10 bits per heavy atom. The Morgan fingerprint density at radius 2 is 1.80 bits per heavy atom. The van der Waals surface area contributed by atoms with Crippen LogP contribution in [0.25, 0.3) is 0 Å². The molecule has 20 heavy (non-hydrogen) atoms. The van der Waals surface area contributed by atoms with E-state index in [9.17, 15) is 22.9 Å². The lowest BCUT2D eigenvalue weighted by atomic mass is 10.3. The van der Waals surface area contributed by atoms with Crippen LogP contribution in [0.3, 0.4) is 0 Å². The second-order valence-corrected chi connectivity index (χ2v) is 5.30. The maximum atomic E-state index is 13.0. The molecule has 0 fully saturated rings. The van der Waals surface area contributed by atoms with E-state index in [1.807, 2.05) is 0 Å². The van der Waals surface area contributed by atoms with E-state index >= 15 is 0 Å². The van der Waals surface area contributed by atoms with Crippen molar-refractivity contribution < 1.29 is 21.9 Å². The van der Waals surface area contributed by atoms with Crippen molar-refractivity contribution in [3.05, 3.63) is 64.5 Å². The molecular formula is C12H8FNO5S. The number of nitro benzene ring substituents is 1. The molecule has 6 nitrogen and oxygen atoms in total. The SMILES string of the molecule is O=[N+]([O-])c1cccc(S(=O)(=O)Oc2cccc(F)c2)c1. The third-order valence-corrected chi connectivity index (χ3v) is 3.56. The summed E-state index contributed by atoms with van der Waals surface area (Å²) in [6, 6.07) is 8.98. The third kappa shape index (κ3) is 3.09. The summed E-state index contributed by atoms with van der Waals surface area (Å²) >= 11 is 0. The molecule has 0 aliphatic heterocycles. The number of non-ortho nitro benzene ring substituents is 1. The van der Waals surface area contributed by atoms with E-state index in [1.165, 1.54) is 18.2 Å². The second-order valence-electron chi connectivity index (χ2n) is 3.75. The molecule has 0 aliphatic carbocycles. The van der Waals surface area contributed by atoms with E-state index in [0.29, 0.717) is 0 Å². The lowest BCUT2D eigenvalue weighted by Gasteiger charge is -2.06. The zero-order valence-corrected chi connectivity index (χ0v) is 10.7. The zero-order valence-electron chi connectivity index (χ0n) is 9.89. The van der Waals surface area contributed by atoms with Crippen LogP contribution in [0.4, 0.5) is 10.1 Å². The van der Waals surface area contributed by atoms with E-state index in [-0.39, 0.29) is 16.3 Å². The number of nitrogens with zero attached hydrogens (tertiary/aromatic N) is 1. The Labute approximate surface area is 113 Å². The van der Waals surface area contributed by atoms with Gasteiger partial charge in [-0.3, -0.25) is 10.1 Å². The molecule has 2 aromatic rings. The van der Waals surface area contributed by atoms with E-state index in [1.54, 1.807) is 0 Å². The van der Waals surface area contributed by atoms with Crippen molar-refractivity contribution >= 4 is 15.8 Å². The fourth-order valence-corrected chi connectivity index (χ4v) is 2.41. The van der Waals surface area contributed by atoms with Crippen molar-refractivity contribution in [1.29, 1.82) is 0 Å². The largest absolute Gasteiger partial charge is 0.379 e. The molecule has 0 radical (unpaired) electrons. The monoisotopic (exact) mass is 297 g/mol. The highest BCUT2D eigenvalue weighted by atomic mass is 32.2. The number of hydrogen-bond acceptors (Lipinski definition) is 5. The predicted octanol–water partition coefficient (Wildman–Crippen LogP) is 2.50. The molecule has 8 heteroatoms. The van der Waals surface area contributed by atoms with Crippen LogP contribution < -0.4 is 4.18 Å². The van der Waals surface area contributed by atoms with Crippen LogP contribution in [-0.4, -0.2) is 13.3 Å². The summed E-state index contributed by atoms with van der Waals surface area (Å²) in [5.41, 5.74) is -0.381. The molecule has 2 aromatic carbocycles. The summed E-state index contributed by atoms with van der Waals surface area (Å²) in [6.07, 6.45) is 0. The van der Waals surface area contributed by atoms with E-state index in [4.69, 9.17) is 4.18 Å². The van der Waals surface area contributed by atoms with Gasteiger partial charge in [0.05, 0.1) is 4.92 Å². The first-order chi connectivity index (χ1) is 9.38. The van der Waals surface area contributed by atoms with Crippen molar-refractivity contribution in [2.24, 2.45) is 0 Å². The predicted molar refractivity (Wildman–Crippen MR) is 67.3 cm³/mol. The summed E-state index contributed by atoms with van der Waals surface area (Å²) in [6.45, 7) is 0. The highest BCUT2D eigenvalue weighted by Crippen LogP contribution is 2.22. The lowest BCUT2D eigenvalue weighted by Crippen LogP contribution is -2.10. The van der Waals surface area contributed by atoms with Crippen LogP contribution in [0.15, 0.2) is 53.4 Å². The van der Waals surface area contributed by atoms with E-state index < -0.39 is 20.9 Å². The van der Waals surface area contributed by atoms with Gasteiger partial charge in [0.1, 0.15) is 16.5 Å². The van der Waals surface area contributed by atoms with Gasteiger partial charge in [0.15, 0.2) is 0 Å². The quantitative estimate of drug-likeness (QED) is 0.491. The number of halogens is 1. The number of rotatable bonds is 4. The summed E-state index contributed by atoms with van der Waals surface area (Å²) < 4.78 is 41.5. The van der Waals surface area contributed by atoms with Gasteiger partial charge in [0.2, 0.25) is 0 Å². The van der Waals surface area contributed by atoms with Crippen LogP contribution in [0.5, 0.6) is 5.75 Å².